The quantitative estimate of drug-likeness (QED) is 0.858. The molecule has 0 saturated carbocycles. The van der Waals surface area contributed by atoms with E-state index in [1.54, 1.807) is 6.26 Å². The number of anilines is 1. The van der Waals surface area contributed by atoms with Gasteiger partial charge in [0.2, 0.25) is 0 Å². The Kier molecular flexibility index (Phi) is 4.86. The van der Waals surface area contributed by atoms with Gasteiger partial charge in [-0.2, -0.15) is 4.98 Å². The van der Waals surface area contributed by atoms with Crippen LogP contribution < -0.4 is 10.2 Å². The fraction of sp³-hybridized carbons (Fsp3) is 0.800. The fourth-order valence-corrected chi connectivity index (χ4v) is 2.72. The summed E-state index contributed by atoms with van der Waals surface area (Å²) >= 11 is 0. The first-order valence-electron chi connectivity index (χ1n) is 7.49. The van der Waals surface area contributed by atoms with E-state index >= 15 is 0 Å². The highest BCUT2D eigenvalue weighted by atomic mass is 16.4. The molecule has 0 aromatic carbocycles. The van der Waals surface area contributed by atoms with Gasteiger partial charge in [-0.05, 0) is 31.2 Å². The smallest absolute Gasteiger partial charge is 0.297 e. The molecule has 108 valence electrons. The molecule has 2 heterocycles. The van der Waals surface area contributed by atoms with E-state index in [2.05, 4.69) is 42.9 Å². The van der Waals surface area contributed by atoms with Gasteiger partial charge in [-0.1, -0.05) is 27.7 Å². The van der Waals surface area contributed by atoms with Crippen LogP contribution in [0.1, 0.15) is 46.2 Å². The number of oxazole rings is 1. The predicted octanol–water partition coefficient (Wildman–Crippen LogP) is 3.05. The lowest BCUT2D eigenvalue weighted by Gasteiger charge is -2.25. The first-order chi connectivity index (χ1) is 9.08. The molecule has 1 fully saturated rings. The minimum Gasteiger partial charge on any atom is -0.432 e. The van der Waals surface area contributed by atoms with Gasteiger partial charge in [-0.3, -0.25) is 0 Å². The third-order valence-corrected chi connectivity index (χ3v) is 3.71. The van der Waals surface area contributed by atoms with E-state index < -0.39 is 0 Å². The topological polar surface area (TPSA) is 41.3 Å². The summed E-state index contributed by atoms with van der Waals surface area (Å²) in [7, 11) is 0. The summed E-state index contributed by atoms with van der Waals surface area (Å²) in [4.78, 5) is 6.95. The second-order valence-corrected chi connectivity index (χ2v) is 6.29. The molecule has 1 saturated heterocycles. The van der Waals surface area contributed by atoms with Crippen molar-refractivity contribution in [3.05, 3.63) is 12.0 Å². The van der Waals surface area contributed by atoms with Crippen LogP contribution in [0.15, 0.2) is 10.7 Å². The molecule has 1 N–H and O–H groups in total. The van der Waals surface area contributed by atoms with E-state index in [4.69, 9.17) is 4.42 Å². The van der Waals surface area contributed by atoms with Crippen LogP contribution in [0.4, 0.5) is 6.01 Å². The SMILES string of the molecule is CC(C)CNCc1coc(N2CCCC2C(C)C)n1. The van der Waals surface area contributed by atoms with Crippen molar-refractivity contribution in [1.82, 2.24) is 10.3 Å². The summed E-state index contributed by atoms with van der Waals surface area (Å²) in [6.07, 6.45) is 4.28. The maximum atomic E-state index is 5.66. The third-order valence-electron chi connectivity index (χ3n) is 3.71. The van der Waals surface area contributed by atoms with Crippen molar-refractivity contribution in [1.29, 1.82) is 0 Å². The molecule has 19 heavy (non-hydrogen) atoms. The summed E-state index contributed by atoms with van der Waals surface area (Å²) in [6, 6.07) is 1.38. The minimum atomic E-state index is 0.579. The molecule has 0 aliphatic carbocycles. The summed E-state index contributed by atoms with van der Waals surface area (Å²) in [6.45, 7) is 11.8. The first kappa shape index (κ1) is 14.4. The van der Waals surface area contributed by atoms with Crippen molar-refractivity contribution in [2.75, 3.05) is 18.0 Å². The number of hydrogen-bond acceptors (Lipinski definition) is 4. The lowest BCUT2D eigenvalue weighted by atomic mass is 10.0. The first-order valence-corrected chi connectivity index (χ1v) is 7.49. The molecule has 1 aliphatic heterocycles. The largest absolute Gasteiger partial charge is 0.432 e. The van der Waals surface area contributed by atoms with Crippen molar-refractivity contribution in [2.45, 2.75) is 53.1 Å². The van der Waals surface area contributed by atoms with Crippen molar-refractivity contribution >= 4 is 6.01 Å². The van der Waals surface area contributed by atoms with Gasteiger partial charge >= 0.3 is 0 Å². The lowest BCUT2D eigenvalue weighted by molar-refractivity contribution is 0.453. The van der Waals surface area contributed by atoms with Crippen LogP contribution in [-0.2, 0) is 6.54 Å². The van der Waals surface area contributed by atoms with Crippen molar-refractivity contribution in [3.8, 4) is 0 Å². The van der Waals surface area contributed by atoms with E-state index in [1.807, 2.05) is 0 Å². The number of aromatic nitrogens is 1. The van der Waals surface area contributed by atoms with Crippen LogP contribution in [0.5, 0.6) is 0 Å². The minimum absolute atomic E-state index is 0.579. The second-order valence-electron chi connectivity index (χ2n) is 6.29. The monoisotopic (exact) mass is 265 g/mol. The molecule has 1 aromatic rings. The molecule has 1 atom stereocenters. The van der Waals surface area contributed by atoms with E-state index in [9.17, 15) is 0 Å². The maximum Gasteiger partial charge on any atom is 0.297 e. The number of nitrogens with one attached hydrogen (secondary N) is 1. The Hall–Kier alpha value is -1.03. The van der Waals surface area contributed by atoms with E-state index in [1.165, 1.54) is 12.8 Å². The van der Waals surface area contributed by atoms with Crippen LogP contribution in [0.3, 0.4) is 0 Å². The van der Waals surface area contributed by atoms with Crippen LogP contribution in [0.25, 0.3) is 0 Å². The van der Waals surface area contributed by atoms with Gasteiger partial charge in [-0.25, -0.2) is 0 Å². The molecular weight excluding hydrogens is 238 g/mol. The standard InChI is InChI=1S/C15H27N3O/c1-11(2)8-16-9-13-10-19-15(17-13)18-7-5-6-14(18)12(3)4/h10-12,14,16H,5-9H2,1-4H3. The highest BCUT2D eigenvalue weighted by molar-refractivity contribution is 5.31. The highest BCUT2D eigenvalue weighted by Gasteiger charge is 2.30. The van der Waals surface area contributed by atoms with E-state index in [-0.39, 0.29) is 0 Å². The number of hydrogen-bond donors (Lipinski definition) is 1. The Bertz CT molecular complexity index is 386. The van der Waals surface area contributed by atoms with Crippen molar-refractivity contribution in [2.24, 2.45) is 11.8 Å². The molecular formula is C15H27N3O. The second kappa shape index (κ2) is 6.42. The number of rotatable bonds is 6. The van der Waals surface area contributed by atoms with E-state index in [0.29, 0.717) is 17.9 Å². The zero-order valence-electron chi connectivity index (χ0n) is 12.6. The van der Waals surface area contributed by atoms with Gasteiger partial charge in [0.25, 0.3) is 6.01 Å². The summed E-state index contributed by atoms with van der Waals surface area (Å²) in [5, 5.41) is 3.40. The van der Waals surface area contributed by atoms with Gasteiger partial charge in [-0.15, -0.1) is 0 Å². The molecule has 4 nitrogen and oxygen atoms in total. The van der Waals surface area contributed by atoms with Crippen LogP contribution in [-0.4, -0.2) is 24.1 Å². The van der Waals surface area contributed by atoms with Gasteiger partial charge in [0.1, 0.15) is 6.26 Å². The Morgan fingerprint density at radius 1 is 1.42 bits per heavy atom. The predicted molar refractivity (Wildman–Crippen MR) is 78.3 cm³/mol. The Morgan fingerprint density at radius 3 is 2.89 bits per heavy atom. The fourth-order valence-electron chi connectivity index (χ4n) is 2.72. The summed E-state index contributed by atoms with van der Waals surface area (Å²) in [5.41, 5.74) is 1.00. The van der Waals surface area contributed by atoms with Gasteiger partial charge in [0.15, 0.2) is 0 Å². The average Bonchev–Trinajstić information content (AvgIpc) is 2.95. The normalized spacial score (nSPS) is 19.9. The van der Waals surface area contributed by atoms with Gasteiger partial charge < -0.3 is 14.6 Å². The van der Waals surface area contributed by atoms with Gasteiger partial charge in [0.05, 0.1) is 5.69 Å². The molecule has 0 radical (unpaired) electrons. The maximum absolute atomic E-state index is 5.66. The average molecular weight is 265 g/mol. The zero-order valence-corrected chi connectivity index (χ0v) is 12.6. The van der Waals surface area contributed by atoms with Crippen LogP contribution >= 0.6 is 0 Å². The van der Waals surface area contributed by atoms with Crippen molar-refractivity contribution < 1.29 is 4.42 Å². The Labute approximate surface area is 116 Å². The summed E-state index contributed by atoms with van der Waals surface area (Å²) < 4.78 is 5.66. The zero-order chi connectivity index (χ0) is 13.8. The molecule has 0 spiro atoms. The molecule has 1 unspecified atom stereocenters. The molecule has 0 bridgehead atoms. The van der Waals surface area contributed by atoms with Crippen LogP contribution in [0, 0.1) is 11.8 Å². The third kappa shape index (κ3) is 3.72. The van der Waals surface area contributed by atoms with E-state index in [0.717, 1.165) is 31.3 Å². The molecule has 1 aliphatic rings. The Morgan fingerprint density at radius 2 is 2.21 bits per heavy atom. The molecule has 4 heteroatoms. The molecule has 1 aromatic heterocycles. The van der Waals surface area contributed by atoms with Crippen LogP contribution in [0.2, 0.25) is 0 Å². The van der Waals surface area contributed by atoms with Gasteiger partial charge in [0, 0.05) is 19.1 Å². The summed E-state index contributed by atoms with van der Waals surface area (Å²) in [5.74, 6) is 1.31. The highest BCUT2D eigenvalue weighted by Crippen LogP contribution is 2.28. The molecule has 0 amide bonds. The number of nitrogens with zero attached hydrogens (tertiary/aromatic N) is 2. The molecule has 2 rings (SSSR count). The van der Waals surface area contributed by atoms with Crippen molar-refractivity contribution in [3.63, 3.8) is 0 Å². The lowest BCUT2D eigenvalue weighted by Crippen LogP contribution is -2.33. The Balaban J connectivity index is 1.93.